The maximum atomic E-state index is 14.0. The second-order valence-corrected chi connectivity index (χ2v) is 15.7. The smallest absolute Gasteiger partial charge is 0.264 e. The van der Waals surface area contributed by atoms with E-state index in [0.717, 1.165) is 11.1 Å². The lowest BCUT2D eigenvalue weighted by molar-refractivity contribution is 0.238. The second-order valence-electron chi connectivity index (χ2n) is 11.4. The maximum Gasteiger partial charge on any atom is 0.264 e. The summed E-state index contributed by atoms with van der Waals surface area (Å²) in [6.07, 6.45) is 1.22. The lowest BCUT2D eigenvalue weighted by Gasteiger charge is -2.30. The highest BCUT2D eigenvalue weighted by Gasteiger charge is 2.29. The molecular formula is C33H42N4O5S3. The van der Waals surface area contributed by atoms with Crippen LogP contribution >= 0.6 is 12.2 Å². The topological polar surface area (TPSA) is 90.5 Å². The summed E-state index contributed by atoms with van der Waals surface area (Å²) in [7, 11) is -4.26. The van der Waals surface area contributed by atoms with Crippen LogP contribution in [0.1, 0.15) is 24.0 Å². The van der Waals surface area contributed by atoms with Gasteiger partial charge in [0.05, 0.1) is 9.79 Å². The number of ether oxygens (including phenoxy) is 1. The summed E-state index contributed by atoms with van der Waals surface area (Å²) in [6, 6.07) is 23.0. The fraction of sp³-hybridized carbons (Fsp3) is 0.364. The van der Waals surface area contributed by atoms with Crippen molar-refractivity contribution in [3.8, 4) is 5.75 Å². The Hall–Kier alpha value is -3.13. The number of aryl methyl sites for hydroxylation is 1. The van der Waals surface area contributed by atoms with Crippen LogP contribution in [0.4, 0.5) is 0 Å². The summed E-state index contributed by atoms with van der Waals surface area (Å²) < 4.78 is 64.0. The van der Waals surface area contributed by atoms with Crippen LogP contribution in [0.15, 0.2) is 101 Å². The van der Waals surface area contributed by atoms with Crippen molar-refractivity contribution in [2.75, 3.05) is 53.4 Å². The Kier molecular flexibility index (Phi) is 11.9. The van der Waals surface area contributed by atoms with Gasteiger partial charge in [-0.25, -0.2) is 16.8 Å². The number of benzene rings is 3. The van der Waals surface area contributed by atoms with Gasteiger partial charge >= 0.3 is 0 Å². The van der Waals surface area contributed by atoms with Crippen molar-refractivity contribution in [2.45, 2.75) is 36.1 Å². The van der Waals surface area contributed by atoms with Gasteiger partial charge in [-0.3, -0.25) is 4.90 Å². The SMILES string of the molecule is C=C1CN(S(=O)(=O)c2ccc(C)cc2)CCCN(Cc2ccccc2)CCCN(S(=O)(=O)c2ccc(OC(=S)N(C)C)cc2)C1. The standard InChI is InChI=1S/C33H42N4O5S3/c1-27-12-16-31(17-13-27)44(38,39)36-22-8-20-35(26-29-10-6-5-7-11-29)21-9-23-37(25-28(2)24-36)45(40,41)32-18-14-30(15-19-32)42-33(43)34(3)4/h5-7,10-19H,2,8-9,20-26H2,1,3-4H3. The summed E-state index contributed by atoms with van der Waals surface area (Å²) in [5, 5.41) is 0.259. The van der Waals surface area contributed by atoms with Crippen LogP contribution in [0.25, 0.3) is 0 Å². The van der Waals surface area contributed by atoms with Gasteiger partial charge in [-0.2, -0.15) is 8.61 Å². The van der Waals surface area contributed by atoms with Crippen molar-refractivity contribution in [1.29, 1.82) is 0 Å². The molecule has 0 bridgehead atoms. The fourth-order valence-corrected chi connectivity index (χ4v) is 8.15. The van der Waals surface area contributed by atoms with Gasteiger partial charge in [-0.05, 0) is 92.6 Å². The van der Waals surface area contributed by atoms with Crippen LogP contribution in [0.2, 0.25) is 0 Å². The van der Waals surface area contributed by atoms with Crippen molar-refractivity contribution in [2.24, 2.45) is 0 Å². The first-order valence-corrected chi connectivity index (χ1v) is 18.1. The Balaban J connectivity index is 1.61. The monoisotopic (exact) mass is 670 g/mol. The van der Waals surface area contributed by atoms with Gasteiger partial charge in [-0.15, -0.1) is 0 Å². The molecule has 9 nitrogen and oxygen atoms in total. The van der Waals surface area contributed by atoms with Crippen molar-refractivity contribution in [3.05, 3.63) is 102 Å². The maximum absolute atomic E-state index is 14.0. The molecule has 0 spiro atoms. The van der Waals surface area contributed by atoms with Crippen LogP contribution < -0.4 is 4.74 Å². The predicted octanol–water partition coefficient (Wildman–Crippen LogP) is 4.75. The zero-order valence-corrected chi connectivity index (χ0v) is 28.6. The van der Waals surface area contributed by atoms with Gasteiger partial charge in [0, 0.05) is 46.8 Å². The molecule has 0 N–H and O–H groups in total. The molecule has 0 unspecified atom stereocenters. The van der Waals surface area contributed by atoms with Crippen molar-refractivity contribution < 1.29 is 21.6 Å². The van der Waals surface area contributed by atoms with E-state index < -0.39 is 20.0 Å². The normalized spacial score (nSPS) is 16.8. The quantitative estimate of drug-likeness (QED) is 0.263. The highest BCUT2D eigenvalue weighted by Crippen LogP contribution is 2.24. The highest BCUT2D eigenvalue weighted by atomic mass is 32.2. The van der Waals surface area contributed by atoms with Gasteiger partial charge in [0.15, 0.2) is 0 Å². The van der Waals surface area contributed by atoms with E-state index in [1.807, 2.05) is 25.1 Å². The average Bonchev–Trinajstić information content (AvgIpc) is 3.00. The number of sulfonamides is 2. The molecule has 0 aromatic heterocycles. The van der Waals surface area contributed by atoms with E-state index in [0.29, 0.717) is 43.8 Å². The Morgan fingerprint density at radius 3 is 1.76 bits per heavy atom. The minimum atomic E-state index is -3.94. The predicted molar refractivity (Wildman–Crippen MR) is 182 cm³/mol. The summed E-state index contributed by atoms with van der Waals surface area (Å²) in [6.45, 7) is 8.57. The first-order chi connectivity index (χ1) is 21.4. The number of rotatable bonds is 7. The number of nitrogens with zero attached hydrogens (tertiary/aromatic N) is 4. The summed E-state index contributed by atoms with van der Waals surface area (Å²) in [4.78, 5) is 4.21. The lowest BCUT2D eigenvalue weighted by atomic mass is 10.2. The molecule has 12 heteroatoms. The van der Waals surface area contributed by atoms with E-state index in [2.05, 4.69) is 23.6 Å². The summed E-state index contributed by atoms with van der Waals surface area (Å²) in [5.41, 5.74) is 2.60. The van der Waals surface area contributed by atoms with Gasteiger partial charge in [0.1, 0.15) is 5.75 Å². The fourth-order valence-electron chi connectivity index (χ4n) is 5.05. The number of thiocarbonyl (C=S) groups is 1. The molecule has 242 valence electrons. The van der Waals surface area contributed by atoms with Crippen LogP contribution in [-0.4, -0.2) is 93.8 Å². The minimum Gasteiger partial charge on any atom is -0.432 e. The van der Waals surface area contributed by atoms with Gasteiger partial charge in [0.2, 0.25) is 20.0 Å². The minimum absolute atomic E-state index is 0.00960. The molecule has 0 saturated carbocycles. The molecule has 1 aliphatic heterocycles. The van der Waals surface area contributed by atoms with Gasteiger partial charge in [-0.1, -0.05) is 54.6 Å². The zero-order valence-electron chi connectivity index (χ0n) is 26.1. The second kappa shape index (κ2) is 15.4. The first kappa shape index (κ1) is 34.7. The molecule has 1 saturated heterocycles. The summed E-state index contributed by atoms with van der Waals surface area (Å²) in [5.74, 6) is 0.430. The molecule has 1 fully saturated rings. The molecule has 0 atom stereocenters. The van der Waals surface area contributed by atoms with Gasteiger partial charge in [0.25, 0.3) is 5.17 Å². The molecule has 3 aromatic carbocycles. The number of hydrogen-bond acceptors (Lipinski definition) is 7. The van der Waals surface area contributed by atoms with Crippen molar-refractivity contribution >= 4 is 37.4 Å². The molecule has 45 heavy (non-hydrogen) atoms. The van der Waals surface area contributed by atoms with Crippen molar-refractivity contribution in [3.63, 3.8) is 0 Å². The van der Waals surface area contributed by atoms with Crippen LogP contribution in [0, 0.1) is 6.92 Å². The average molecular weight is 671 g/mol. The molecule has 0 aliphatic carbocycles. The highest BCUT2D eigenvalue weighted by molar-refractivity contribution is 7.89. The third-order valence-corrected chi connectivity index (χ3v) is 11.7. The Labute approximate surface area is 273 Å². The van der Waals surface area contributed by atoms with E-state index >= 15 is 0 Å². The third kappa shape index (κ3) is 9.44. The molecule has 1 heterocycles. The zero-order chi connectivity index (χ0) is 32.6. The Morgan fingerprint density at radius 1 is 0.778 bits per heavy atom. The molecule has 4 rings (SSSR count). The Bertz CT molecular complexity index is 1660. The van der Waals surface area contributed by atoms with E-state index in [1.54, 1.807) is 55.4 Å². The molecular weight excluding hydrogens is 629 g/mol. The molecule has 0 amide bonds. The molecule has 3 aromatic rings. The van der Waals surface area contributed by atoms with E-state index in [9.17, 15) is 16.8 Å². The lowest BCUT2D eigenvalue weighted by Crippen LogP contribution is -2.41. The molecule has 1 aliphatic rings. The van der Waals surface area contributed by atoms with Gasteiger partial charge < -0.3 is 9.64 Å². The van der Waals surface area contributed by atoms with E-state index in [-0.39, 0.29) is 41.1 Å². The Morgan fingerprint density at radius 2 is 1.27 bits per heavy atom. The third-order valence-electron chi connectivity index (χ3n) is 7.50. The number of hydrogen-bond donors (Lipinski definition) is 0. The van der Waals surface area contributed by atoms with Crippen LogP contribution in [-0.2, 0) is 26.6 Å². The van der Waals surface area contributed by atoms with Crippen LogP contribution in [0.3, 0.4) is 0 Å². The van der Waals surface area contributed by atoms with E-state index in [1.165, 1.54) is 20.7 Å². The summed E-state index contributed by atoms with van der Waals surface area (Å²) >= 11 is 5.19. The molecule has 0 radical (unpaired) electrons. The first-order valence-electron chi connectivity index (χ1n) is 14.9. The van der Waals surface area contributed by atoms with E-state index in [4.69, 9.17) is 17.0 Å². The largest absolute Gasteiger partial charge is 0.432 e. The van der Waals surface area contributed by atoms with Crippen LogP contribution in [0.5, 0.6) is 5.75 Å². The van der Waals surface area contributed by atoms with Crippen molar-refractivity contribution in [1.82, 2.24) is 18.4 Å².